The molecule has 1 fully saturated rings. The molecule has 2 atom stereocenters. The monoisotopic (exact) mass is 605 g/mol. The summed E-state index contributed by atoms with van der Waals surface area (Å²) in [7, 11) is 0. The van der Waals surface area contributed by atoms with Crippen LogP contribution < -0.4 is 33.5 Å². The number of guanidine groups is 1. The van der Waals surface area contributed by atoms with Crippen LogP contribution in [0.3, 0.4) is 0 Å². The summed E-state index contributed by atoms with van der Waals surface area (Å²) in [6.07, 6.45) is 4.46. The van der Waals surface area contributed by atoms with E-state index in [1.54, 1.807) is 0 Å². The third-order valence-corrected chi connectivity index (χ3v) is 5.75. The molecule has 43 heavy (non-hydrogen) atoms. The van der Waals surface area contributed by atoms with E-state index in [1.807, 2.05) is 35.8 Å². The van der Waals surface area contributed by atoms with Gasteiger partial charge in [-0.05, 0) is 49.8 Å². The van der Waals surface area contributed by atoms with Crippen LogP contribution in [0, 0.1) is 5.92 Å². The topological polar surface area (TPSA) is 204 Å². The van der Waals surface area contributed by atoms with E-state index in [0.29, 0.717) is 12.5 Å². The van der Waals surface area contributed by atoms with Crippen LogP contribution in [-0.2, 0) is 27.5 Å². The van der Waals surface area contributed by atoms with Gasteiger partial charge in [0.2, 0.25) is 24.2 Å². The van der Waals surface area contributed by atoms with Crippen molar-refractivity contribution in [2.75, 3.05) is 13.1 Å². The van der Waals surface area contributed by atoms with Gasteiger partial charge in [-0.1, -0.05) is 65.0 Å². The Balaban J connectivity index is 0. The van der Waals surface area contributed by atoms with Crippen LogP contribution in [0.4, 0.5) is 0 Å². The molecule has 2 aliphatic heterocycles. The number of hydrogen-bond donors (Lipinski definition) is 7. The predicted molar refractivity (Wildman–Crippen MR) is 174 cm³/mol. The third kappa shape index (κ3) is 17.5. The minimum Gasteiger partial charge on any atom is -0.495 e. The van der Waals surface area contributed by atoms with Crippen molar-refractivity contribution in [1.82, 2.24) is 25.9 Å². The number of carbonyl (C=O) groups excluding carboxylic acids is 3. The number of aliphatic hydroxyl groups excluding tert-OH is 1. The van der Waals surface area contributed by atoms with Crippen LogP contribution in [0.15, 0.2) is 54.5 Å². The molecule has 10 N–H and O–H groups in total. The van der Waals surface area contributed by atoms with Crippen LogP contribution in [0.1, 0.15) is 71.9 Å². The fourth-order valence-corrected chi connectivity index (χ4v) is 3.75. The molecule has 1 saturated heterocycles. The van der Waals surface area contributed by atoms with E-state index in [4.69, 9.17) is 22.5 Å². The predicted octanol–water partition coefficient (Wildman–Crippen LogP) is 2.16. The van der Waals surface area contributed by atoms with Gasteiger partial charge in [-0.25, -0.2) is 5.84 Å². The standard InChI is InChI=1S/C10H11NO.C7H14N6O2.C7H14N2O.C4H10.C2H6/c1-8(12)11-6-9-4-2-3-5-10(9)7-11;1-2-3-5(10-4-14)6(15)11-7(12-8)13-9;1-6-3-2-4-9(6)7(10)5-8;1-4(2)3;1-2/h2-5,12H,1,6-7H2;2,4-5H,1,3,8-9H2,(H,10,14)(H2,11,12,13,15);6H,2-5,8H2,1H3;4H,1-3H3;1-2H3. The highest BCUT2D eigenvalue weighted by molar-refractivity contribution is 5.99. The molecule has 244 valence electrons. The SMILES string of the molecule is C=C(O)N1Cc2ccccc2C1.C=CCC(NC=O)C(=O)N/C(=N/N)NN.CC.CC(C)C.CC1CCCN1C(=O)CN. The second-order valence-electron chi connectivity index (χ2n) is 10.0. The van der Waals surface area contributed by atoms with Gasteiger partial charge in [0.05, 0.1) is 6.54 Å². The van der Waals surface area contributed by atoms with Crippen LogP contribution in [0.2, 0.25) is 0 Å². The Bertz CT molecular complexity index is 964. The highest BCUT2D eigenvalue weighted by Crippen LogP contribution is 2.23. The first kappa shape index (κ1) is 41.0. The molecule has 2 heterocycles. The van der Waals surface area contributed by atoms with E-state index in [0.717, 1.165) is 38.4 Å². The Labute approximate surface area is 257 Å². The Kier molecular flexibility index (Phi) is 23.4. The molecule has 0 saturated carbocycles. The van der Waals surface area contributed by atoms with Gasteiger partial charge >= 0.3 is 0 Å². The smallest absolute Gasteiger partial charge is 0.249 e. The molecule has 0 aliphatic carbocycles. The molecule has 1 aromatic carbocycles. The lowest BCUT2D eigenvalue weighted by Gasteiger charge is -2.19. The summed E-state index contributed by atoms with van der Waals surface area (Å²) in [5, 5.41) is 16.9. The zero-order chi connectivity index (χ0) is 33.4. The van der Waals surface area contributed by atoms with Crippen molar-refractivity contribution in [1.29, 1.82) is 0 Å². The average Bonchev–Trinajstić information content (AvgIpc) is 3.63. The highest BCUT2D eigenvalue weighted by atomic mass is 16.3. The zero-order valence-electron chi connectivity index (χ0n) is 26.8. The van der Waals surface area contributed by atoms with Gasteiger partial charge in [0.15, 0.2) is 5.88 Å². The molecule has 0 radical (unpaired) electrons. The Morgan fingerprint density at radius 1 is 1.19 bits per heavy atom. The average molecular weight is 606 g/mol. The maximum atomic E-state index is 11.4. The van der Waals surface area contributed by atoms with Crippen molar-refractivity contribution in [3.63, 3.8) is 0 Å². The molecule has 3 amide bonds. The highest BCUT2D eigenvalue weighted by Gasteiger charge is 2.23. The maximum absolute atomic E-state index is 11.4. The quantitative estimate of drug-likeness (QED) is 0.0462. The molecule has 13 nitrogen and oxygen atoms in total. The number of amides is 3. The fourth-order valence-electron chi connectivity index (χ4n) is 3.75. The first-order valence-corrected chi connectivity index (χ1v) is 14.5. The molecule has 0 spiro atoms. The zero-order valence-corrected chi connectivity index (χ0v) is 26.8. The minimum absolute atomic E-state index is 0.0880. The number of nitrogens with zero attached hydrogens (tertiary/aromatic N) is 3. The van der Waals surface area contributed by atoms with Crippen LogP contribution >= 0.6 is 0 Å². The van der Waals surface area contributed by atoms with E-state index < -0.39 is 11.9 Å². The summed E-state index contributed by atoms with van der Waals surface area (Å²) in [6.45, 7) is 22.1. The molecular weight excluding hydrogens is 550 g/mol. The number of nitrogens with one attached hydrogen (secondary N) is 3. The van der Waals surface area contributed by atoms with E-state index in [1.165, 1.54) is 17.2 Å². The molecular formula is C30H55N9O4. The number of benzene rings is 1. The largest absolute Gasteiger partial charge is 0.495 e. The third-order valence-electron chi connectivity index (χ3n) is 5.75. The van der Waals surface area contributed by atoms with Crippen molar-refractivity contribution in [3.05, 3.63) is 60.5 Å². The fraction of sp³-hybridized carbons (Fsp3) is 0.533. The van der Waals surface area contributed by atoms with Gasteiger partial charge in [-0.15, -0.1) is 11.7 Å². The second-order valence-corrected chi connectivity index (χ2v) is 10.0. The first-order chi connectivity index (χ1) is 20.4. The number of hydrogen-bond acceptors (Lipinski definition) is 9. The van der Waals surface area contributed by atoms with E-state index in [9.17, 15) is 14.4 Å². The number of carbonyl (C=O) groups is 3. The lowest BCUT2D eigenvalue weighted by atomic mass is 10.1. The number of aliphatic hydroxyl groups is 1. The first-order valence-electron chi connectivity index (χ1n) is 14.5. The Morgan fingerprint density at radius 2 is 1.72 bits per heavy atom. The van der Waals surface area contributed by atoms with Crippen molar-refractivity contribution >= 4 is 24.2 Å². The Morgan fingerprint density at radius 3 is 2.07 bits per heavy atom. The number of likely N-dealkylation sites (tertiary alicyclic amines) is 1. The van der Waals surface area contributed by atoms with Crippen LogP contribution in [0.5, 0.6) is 0 Å². The molecule has 2 aliphatic rings. The van der Waals surface area contributed by atoms with Crippen molar-refractivity contribution < 1.29 is 19.5 Å². The summed E-state index contributed by atoms with van der Waals surface area (Å²) in [5.74, 6) is 10.4. The second kappa shape index (κ2) is 24.5. The van der Waals surface area contributed by atoms with E-state index in [2.05, 4.69) is 74.1 Å². The van der Waals surface area contributed by atoms with Gasteiger partial charge < -0.3 is 31.8 Å². The van der Waals surface area contributed by atoms with Gasteiger partial charge in [0, 0.05) is 25.7 Å². The summed E-state index contributed by atoms with van der Waals surface area (Å²) < 4.78 is 0. The van der Waals surface area contributed by atoms with Gasteiger partial charge in [-0.3, -0.25) is 25.1 Å². The normalized spacial score (nSPS) is 15.3. The number of rotatable bonds is 7. The lowest BCUT2D eigenvalue weighted by molar-refractivity contribution is -0.130. The molecule has 3 rings (SSSR count). The van der Waals surface area contributed by atoms with E-state index in [-0.39, 0.29) is 30.7 Å². The number of nitrogens with two attached hydrogens (primary N) is 3. The van der Waals surface area contributed by atoms with Crippen molar-refractivity contribution in [3.8, 4) is 0 Å². The molecule has 2 unspecified atom stereocenters. The van der Waals surface area contributed by atoms with Gasteiger partial charge in [-0.2, -0.15) is 0 Å². The number of hydrazine groups is 1. The number of fused-ring (bicyclic) bond motifs is 1. The van der Waals surface area contributed by atoms with Crippen LogP contribution in [0.25, 0.3) is 0 Å². The van der Waals surface area contributed by atoms with Gasteiger partial charge in [0.25, 0.3) is 0 Å². The van der Waals surface area contributed by atoms with Crippen molar-refractivity contribution in [2.45, 2.75) is 86.0 Å². The number of hydrazone groups is 1. The summed E-state index contributed by atoms with van der Waals surface area (Å²) in [5.41, 5.74) is 9.87. The molecule has 0 bridgehead atoms. The molecule has 0 aromatic heterocycles. The Hall–Kier alpha value is -4.10. The van der Waals surface area contributed by atoms with E-state index >= 15 is 0 Å². The summed E-state index contributed by atoms with van der Waals surface area (Å²) in [4.78, 5) is 36.4. The van der Waals surface area contributed by atoms with Gasteiger partial charge in [0.1, 0.15) is 6.04 Å². The lowest BCUT2D eigenvalue weighted by Crippen LogP contribution is -2.51. The summed E-state index contributed by atoms with van der Waals surface area (Å²) >= 11 is 0. The minimum atomic E-state index is -0.731. The maximum Gasteiger partial charge on any atom is 0.249 e. The molecule has 13 heteroatoms. The van der Waals surface area contributed by atoms with Crippen LogP contribution in [-0.4, -0.2) is 64.3 Å². The summed E-state index contributed by atoms with van der Waals surface area (Å²) in [6, 6.07) is 7.88. The van der Waals surface area contributed by atoms with Crippen molar-refractivity contribution in [2.24, 2.45) is 28.4 Å². The molecule has 1 aromatic rings.